The molecule has 0 saturated carbocycles. The summed E-state index contributed by atoms with van der Waals surface area (Å²) in [6.45, 7) is -0.138. The minimum Gasteiger partial charge on any atom is -0.396 e. The fourth-order valence-electron chi connectivity index (χ4n) is 2.67. The highest BCUT2D eigenvalue weighted by molar-refractivity contribution is 8.04. The number of carbonyl (C=O) groups is 2. The monoisotopic (exact) mass is 404 g/mol. The number of thioether (sulfide) groups is 1. The van der Waals surface area contributed by atoms with Crippen molar-refractivity contribution in [3.8, 4) is 0 Å². The van der Waals surface area contributed by atoms with Crippen LogP contribution in [-0.2, 0) is 19.6 Å². The number of nitrogens with zero attached hydrogens (tertiary/aromatic N) is 1. The lowest BCUT2D eigenvalue weighted by Crippen LogP contribution is -2.31. The van der Waals surface area contributed by atoms with Gasteiger partial charge < -0.3 is 5.11 Å². The first-order valence-corrected chi connectivity index (χ1v) is 10.4. The van der Waals surface area contributed by atoms with E-state index in [2.05, 4.69) is 0 Å². The number of amides is 2. The van der Waals surface area contributed by atoms with E-state index in [-0.39, 0.29) is 33.4 Å². The van der Waals surface area contributed by atoms with Crippen LogP contribution in [0, 0.1) is 0 Å². The maximum absolute atomic E-state index is 13.0. The first-order chi connectivity index (χ1) is 12.8. The molecular formula is C18H16N2O5S2. The highest BCUT2D eigenvalue weighted by Crippen LogP contribution is 2.38. The summed E-state index contributed by atoms with van der Waals surface area (Å²) in [5.41, 5.74) is 1.10. The van der Waals surface area contributed by atoms with Gasteiger partial charge in [0.2, 0.25) is 10.0 Å². The standard InChI is InChI=1S/C18H16N2O5S2/c19-27(24,25)14-8-6-13(7-9-14)20-17(22)15(12-4-2-1-3-5-12)16(18(20)23)26-11-10-21/h1-9,21H,10-11H2,(H2,19,24,25). The molecule has 3 rings (SSSR count). The third kappa shape index (κ3) is 3.81. The summed E-state index contributed by atoms with van der Waals surface area (Å²) >= 11 is 1.11. The van der Waals surface area contributed by atoms with E-state index in [1.165, 1.54) is 24.3 Å². The summed E-state index contributed by atoms with van der Waals surface area (Å²) in [7, 11) is -3.88. The quantitative estimate of drug-likeness (QED) is 0.702. The molecule has 2 aromatic carbocycles. The van der Waals surface area contributed by atoms with E-state index in [4.69, 9.17) is 10.2 Å². The zero-order valence-corrected chi connectivity index (χ0v) is 15.7. The van der Waals surface area contributed by atoms with Crippen LogP contribution in [0.3, 0.4) is 0 Å². The van der Waals surface area contributed by atoms with Crippen molar-refractivity contribution in [3.05, 3.63) is 65.1 Å². The van der Waals surface area contributed by atoms with Crippen molar-refractivity contribution in [1.29, 1.82) is 0 Å². The molecule has 3 N–H and O–H groups in total. The molecule has 0 saturated heterocycles. The van der Waals surface area contributed by atoms with Crippen molar-refractivity contribution in [1.82, 2.24) is 0 Å². The Balaban J connectivity index is 2.03. The number of aliphatic hydroxyl groups excluding tert-OH is 1. The number of rotatable bonds is 6. The van der Waals surface area contributed by atoms with Crippen LogP contribution in [0.4, 0.5) is 5.69 Å². The topological polar surface area (TPSA) is 118 Å². The highest BCUT2D eigenvalue weighted by Gasteiger charge is 2.40. The molecule has 27 heavy (non-hydrogen) atoms. The second-order valence-corrected chi connectivity index (χ2v) is 8.29. The van der Waals surface area contributed by atoms with Gasteiger partial charge >= 0.3 is 0 Å². The van der Waals surface area contributed by atoms with E-state index in [1.54, 1.807) is 30.3 Å². The van der Waals surface area contributed by atoms with E-state index in [1.807, 2.05) is 0 Å². The van der Waals surface area contributed by atoms with E-state index in [9.17, 15) is 18.0 Å². The molecule has 1 heterocycles. The summed E-state index contributed by atoms with van der Waals surface area (Å²) in [5, 5.41) is 14.2. The van der Waals surface area contributed by atoms with E-state index in [0.717, 1.165) is 16.7 Å². The Hall–Kier alpha value is -2.46. The summed E-state index contributed by atoms with van der Waals surface area (Å²) in [4.78, 5) is 27.0. The maximum atomic E-state index is 13.0. The van der Waals surface area contributed by atoms with Gasteiger partial charge in [-0.05, 0) is 29.8 Å². The number of nitrogens with two attached hydrogens (primary N) is 1. The number of primary sulfonamides is 1. The molecular weight excluding hydrogens is 388 g/mol. The molecule has 140 valence electrons. The van der Waals surface area contributed by atoms with Gasteiger partial charge in [0.15, 0.2) is 0 Å². The van der Waals surface area contributed by atoms with Gasteiger partial charge in [-0.15, -0.1) is 11.8 Å². The third-order valence-corrected chi connectivity index (χ3v) is 5.85. The fourth-order valence-corrected chi connectivity index (χ4v) is 4.05. The van der Waals surface area contributed by atoms with Crippen molar-refractivity contribution in [2.24, 2.45) is 5.14 Å². The van der Waals surface area contributed by atoms with E-state index < -0.39 is 21.8 Å². The Morgan fingerprint density at radius 1 is 0.963 bits per heavy atom. The van der Waals surface area contributed by atoms with Gasteiger partial charge in [-0.1, -0.05) is 30.3 Å². The number of benzene rings is 2. The number of aliphatic hydroxyl groups is 1. The predicted octanol–water partition coefficient (Wildman–Crippen LogP) is 1.34. The molecule has 0 aromatic heterocycles. The van der Waals surface area contributed by atoms with Crippen LogP contribution >= 0.6 is 11.8 Å². The summed E-state index contributed by atoms with van der Waals surface area (Å²) < 4.78 is 22.8. The summed E-state index contributed by atoms with van der Waals surface area (Å²) in [6.07, 6.45) is 0. The molecule has 0 unspecified atom stereocenters. The molecule has 7 nitrogen and oxygen atoms in total. The molecule has 2 aromatic rings. The van der Waals surface area contributed by atoms with Crippen molar-refractivity contribution in [3.63, 3.8) is 0 Å². The summed E-state index contributed by atoms with van der Waals surface area (Å²) in [5.74, 6) is -0.751. The van der Waals surface area contributed by atoms with Gasteiger partial charge in [-0.25, -0.2) is 18.5 Å². The van der Waals surface area contributed by atoms with Gasteiger partial charge in [0.1, 0.15) is 0 Å². The van der Waals surface area contributed by atoms with Gasteiger partial charge in [0, 0.05) is 5.75 Å². The molecule has 0 spiro atoms. The highest BCUT2D eigenvalue weighted by atomic mass is 32.2. The molecule has 2 amide bonds. The largest absolute Gasteiger partial charge is 0.396 e. The van der Waals surface area contributed by atoms with Crippen LogP contribution in [0.2, 0.25) is 0 Å². The minimum atomic E-state index is -3.88. The van der Waals surface area contributed by atoms with Crippen LogP contribution in [0.15, 0.2) is 64.4 Å². The van der Waals surface area contributed by atoms with Crippen LogP contribution in [0.25, 0.3) is 5.57 Å². The maximum Gasteiger partial charge on any atom is 0.272 e. The molecule has 0 atom stereocenters. The lowest BCUT2D eigenvalue weighted by Gasteiger charge is -2.15. The van der Waals surface area contributed by atoms with Crippen molar-refractivity contribution in [2.45, 2.75) is 4.90 Å². The Morgan fingerprint density at radius 2 is 1.59 bits per heavy atom. The Bertz CT molecular complexity index is 1020. The van der Waals surface area contributed by atoms with Gasteiger partial charge in [0.25, 0.3) is 11.8 Å². The SMILES string of the molecule is NS(=O)(=O)c1ccc(N2C(=O)C(SCCO)=C(c3ccccc3)C2=O)cc1. The predicted molar refractivity (Wildman–Crippen MR) is 103 cm³/mol. The van der Waals surface area contributed by atoms with Crippen molar-refractivity contribution in [2.75, 3.05) is 17.3 Å². The third-order valence-electron chi connectivity index (χ3n) is 3.86. The molecule has 1 aliphatic heterocycles. The average Bonchev–Trinajstić information content (AvgIpc) is 2.90. The number of hydrogen-bond donors (Lipinski definition) is 2. The molecule has 0 bridgehead atoms. The first-order valence-electron chi connectivity index (χ1n) is 7.89. The second-order valence-electron chi connectivity index (χ2n) is 5.63. The second kappa shape index (κ2) is 7.65. The number of anilines is 1. The molecule has 0 aliphatic carbocycles. The van der Waals surface area contributed by atoms with Crippen molar-refractivity contribution < 1.29 is 23.1 Å². The number of imide groups is 1. The van der Waals surface area contributed by atoms with Crippen LogP contribution in [0.1, 0.15) is 5.56 Å². The molecule has 0 fully saturated rings. The molecule has 0 radical (unpaired) electrons. The molecule has 1 aliphatic rings. The van der Waals surface area contributed by atoms with Crippen LogP contribution < -0.4 is 10.0 Å². The fraction of sp³-hybridized carbons (Fsp3) is 0.111. The average molecular weight is 404 g/mol. The van der Waals surface area contributed by atoms with Gasteiger partial charge in [-0.3, -0.25) is 9.59 Å². The Morgan fingerprint density at radius 3 is 2.15 bits per heavy atom. The lowest BCUT2D eigenvalue weighted by atomic mass is 10.1. The zero-order chi connectivity index (χ0) is 19.6. The van der Waals surface area contributed by atoms with E-state index >= 15 is 0 Å². The normalized spacial score (nSPS) is 15.0. The zero-order valence-electron chi connectivity index (χ0n) is 14.0. The van der Waals surface area contributed by atoms with Gasteiger partial charge in [-0.2, -0.15) is 0 Å². The van der Waals surface area contributed by atoms with Crippen LogP contribution in [-0.4, -0.2) is 37.7 Å². The van der Waals surface area contributed by atoms with Crippen molar-refractivity contribution >= 4 is 44.9 Å². The minimum absolute atomic E-state index is 0.114. The Labute approximate surface area is 160 Å². The number of sulfonamides is 1. The lowest BCUT2D eigenvalue weighted by molar-refractivity contribution is -0.119. The Kier molecular flexibility index (Phi) is 5.47. The van der Waals surface area contributed by atoms with Gasteiger partial charge in [0.05, 0.1) is 27.7 Å². The number of hydrogen-bond acceptors (Lipinski definition) is 6. The van der Waals surface area contributed by atoms with Crippen LogP contribution in [0.5, 0.6) is 0 Å². The first kappa shape index (κ1) is 19.3. The summed E-state index contributed by atoms with van der Waals surface area (Å²) in [6, 6.07) is 14.0. The molecule has 9 heteroatoms. The number of carbonyl (C=O) groups excluding carboxylic acids is 2. The van der Waals surface area contributed by atoms with E-state index in [0.29, 0.717) is 5.56 Å². The smallest absolute Gasteiger partial charge is 0.272 e.